The van der Waals surface area contributed by atoms with E-state index >= 15 is 0 Å². The third kappa shape index (κ3) is 3.86. The Hall–Kier alpha value is -1.34. The van der Waals surface area contributed by atoms with Gasteiger partial charge in [-0.1, -0.05) is 12.2 Å². The fraction of sp³-hybridized carbons (Fsp3) is 0.400. The summed E-state index contributed by atoms with van der Waals surface area (Å²) in [5.41, 5.74) is 6.17. The molecule has 0 saturated carbocycles. The third-order valence-corrected chi connectivity index (χ3v) is 2.28. The number of hydrogen-bond acceptors (Lipinski definition) is 4. The van der Waals surface area contributed by atoms with Crippen LogP contribution in [0, 0.1) is 0 Å². The lowest BCUT2D eigenvalue weighted by Crippen LogP contribution is -2.33. The first kappa shape index (κ1) is 13.7. The van der Waals surface area contributed by atoms with Gasteiger partial charge in [-0.25, -0.2) is 8.78 Å². The summed E-state index contributed by atoms with van der Waals surface area (Å²) in [7, 11) is 0. The molecule has 0 unspecified atom stereocenters. The summed E-state index contributed by atoms with van der Waals surface area (Å²) in [6, 6.07) is 3.20. The number of aliphatic hydroxyl groups is 1. The van der Waals surface area contributed by atoms with E-state index in [2.05, 4.69) is 4.98 Å². The van der Waals surface area contributed by atoms with E-state index in [1.807, 2.05) is 0 Å². The van der Waals surface area contributed by atoms with Gasteiger partial charge in [0.25, 0.3) is 6.43 Å². The molecule has 0 aliphatic carbocycles. The molecule has 0 amide bonds. The van der Waals surface area contributed by atoms with Crippen LogP contribution < -0.4 is 10.6 Å². The minimum absolute atomic E-state index is 0.0396. The molecule has 0 bridgehead atoms. The van der Waals surface area contributed by atoms with E-state index in [-0.39, 0.29) is 23.8 Å². The van der Waals surface area contributed by atoms with Gasteiger partial charge in [0.1, 0.15) is 10.7 Å². The Morgan fingerprint density at radius 2 is 2.29 bits per heavy atom. The summed E-state index contributed by atoms with van der Waals surface area (Å²) in [6.45, 7) is -0.661. The summed E-state index contributed by atoms with van der Waals surface area (Å²) in [6.07, 6.45) is -1.03. The minimum atomic E-state index is -2.51. The molecular formula is C10H13F2N3OS. The zero-order chi connectivity index (χ0) is 12.8. The minimum Gasteiger partial charge on any atom is -0.395 e. The Bertz CT molecular complexity index is 390. The molecule has 1 aromatic heterocycles. The quantitative estimate of drug-likeness (QED) is 0.741. The van der Waals surface area contributed by atoms with Gasteiger partial charge in [0.2, 0.25) is 0 Å². The average Bonchev–Trinajstić information content (AvgIpc) is 2.28. The Morgan fingerprint density at radius 1 is 1.59 bits per heavy atom. The lowest BCUT2D eigenvalue weighted by molar-refractivity contribution is 0.153. The molecule has 1 rings (SSSR count). The van der Waals surface area contributed by atoms with Crippen LogP contribution in [0.25, 0.3) is 0 Å². The van der Waals surface area contributed by atoms with Crippen LogP contribution in [0.3, 0.4) is 0 Å². The van der Waals surface area contributed by atoms with E-state index in [0.29, 0.717) is 5.69 Å². The van der Waals surface area contributed by atoms with Crippen LogP contribution in [-0.2, 0) is 0 Å². The van der Waals surface area contributed by atoms with Crippen molar-refractivity contribution in [2.24, 2.45) is 5.73 Å². The number of nitrogens with zero attached hydrogens (tertiary/aromatic N) is 2. The number of nitrogens with two attached hydrogens (primary N) is 1. The molecular weight excluding hydrogens is 248 g/mol. The molecule has 0 aliphatic heterocycles. The van der Waals surface area contributed by atoms with Gasteiger partial charge < -0.3 is 15.7 Å². The van der Waals surface area contributed by atoms with Gasteiger partial charge in [-0.2, -0.15) is 0 Å². The molecule has 1 aromatic rings. The predicted octanol–water partition coefficient (Wildman–Crippen LogP) is 0.780. The molecule has 0 aromatic carbocycles. The van der Waals surface area contributed by atoms with Gasteiger partial charge in [-0.15, -0.1) is 0 Å². The first-order valence-corrected chi connectivity index (χ1v) is 5.36. The molecule has 0 saturated heterocycles. The van der Waals surface area contributed by atoms with E-state index in [4.69, 9.17) is 23.1 Å². The van der Waals surface area contributed by atoms with Gasteiger partial charge in [-0.05, 0) is 12.1 Å². The molecule has 1 heterocycles. The second-order valence-electron chi connectivity index (χ2n) is 3.30. The summed E-state index contributed by atoms with van der Waals surface area (Å²) >= 11 is 4.81. The summed E-state index contributed by atoms with van der Waals surface area (Å²) in [5, 5.41) is 8.87. The Labute approximate surface area is 103 Å². The van der Waals surface area contributed by atoms with Crippen molar-refractivity contribution >= 4 is 22.9 Å². The monoisotopic (exact) mass is 261 g/mol. The normalized spacial score (nSPS) is 10.6. The van der Waals surface area contributed by atoms with Gasteiger partial charge >= 0.3 is 0 Å². The van der Waals surface area contributed by atoms with Gasteiger partial charge in [0.15, 0.2) is 0 Å². The summed E-state index contributed by atoms with van der Waals surface area (Å²) in [4.78, 5) is 5.31. The second-order valence-corrected chi connectivity index (χ2v) is 3.74. The number of pyridine rings is 1. The van der Waals surface area contributed by atoms with E-state index in [1.54, 1.807) is 12.1 Å². The average molecular weight is 261 g/mol. The maximum Gasteiger partial charge on any atom is 0.255 e. The first-order chi connectivity index (χ1) is 8.06. The van der Waals surface area contributed by atoms with Crippen LogP contribution in [-0.4, -0.2) is 41.2 Å². The zero-order valence-electron chi connectivity index (χ0n) is 9.01. The molecule has 17 heavy (non-hydrogen) atoms. The molecule has 0 radical (unpaired) electrons. The molecule has 7 heteroatoms. The highest BCUT2D eigenvalue weighted by atomic mass is 32.1. The predicted molar refractivity (Wildman–Crippen MR) is 65.4 cm³/mol. The molecule has 0 fully saturated rings. The van der Waals surface area contributed by atoms with Crippen molar-refractivity contribution in [1.29, 1.82) is 0 Å². The number of aliphatic hydroxyl groups excluding tert-OH is 1. The van der Waals surface area contributed by atoms with Crippen LogP contribution >= 0.6 is 12.2 Å². The van der Waals surface area contributed by atoms with Crippen LogP contribution in [0.1, 0.15) is 5.69 Å². The van der Waals surface area contributed by atoms with Crippen LogP contribution in [0.4, 0.5) is 14.5 Å². The lowest BCUT2D eigenvalue weighted by atomic mass is 10.2. The second kappa shape index (κ2) is 6.41. The number of anilines is 1. The van der Waals surface area contributed by atoms with E-state index in [9.17, 15) is 8.78 Å². The number of hydrogen-bond donors (Lipinski definition) is 2. The number of aromatic nitrogens is 1. The van der Waals surface area contributed by atoms with Gasteiger partial charge in [-0.3, -0.25) is 4.98 Å². The van der Waals surface area contributed by atoms with E-state index in [1.165, 1.54) is 11.1 Å². The largest absolute Gasteiger partial charge is 0.395 e. The molecule has 0 aliphatic rings. The van der Waals surface area contributed by atoms with Crippen LogP contribution in [0.2, 0.25) is 0 Å². The van der Waals surface area contributed by atoms with Crippen LogP contribution in [0.5, 0.6) is 0 Å². The smallest absolute Gasteiger partial charge is 0.255 e. The van der Waals surface area contributed by atoms with Crippen LogP contribution in [0.15, 0.2) is 18.3 Å². The number of alkyl halides is 2. The van der Waals surface area contributed by atoms with Gasteiger partial charge in [0.05, 0.1) is 18.8 Å². The summed E-state index contributed by atoms with van der Waals surface area (Å²) < 4.78 is 24.8. The number of halogens is 2. The summed E-state index contributed by atoms with van der Waals surface area (Å²) in [5.74, 6) is 0. The maximum absolute atomic E-state index is 12.4. The van der Waals surface area contributed by atoms with Crippen molar-refractivity contribution in [3.63, 3.8) is 0 Å². The number of thiocarbonyl (C=S) groups is 1. The Morgan fingerprint density at radius 3 is 2.82 bits per heavy atom. The van der Waals surface area contributed by atoms with Crippen molar-refractivity contribution in [2.45, 2.75) is 6.43 Å². The molecule has 3 N–H and O–H groups in total. The molecule has 0 atom stereocenters. The van der Waals surface area contributed by atoms with Crippen molar-refractivity contribution in [2.75, 3.05) is 24.6 Å². The lowest BCUT2D eigenvalue weighted by Gasteiger charge is -2.24. The molecule has 0 spiro atoms. The SMILES string of the molecule is NC(=S)c1ncccc1N(CCO)CC(F)F. The topological polar surface area (TPSA) is 62.4 Å². The Balaban J connectivity index is 3.04. The van der Waals surface area contributed by atoms with Crippen molar-refractivity contribution in [3.8, 4) is 0 Å². The highest BCUT2D eigenvalue weighted by Gasteiger charge is 2.17. The zero-order valence-corrected chi connectivity index (χ0v) is 9.83. The highest BCUT2D eigenvalue weighted by Crippen LogP contribution is 2.19. The van der Waals surface area contributed by atoms with Crippen molar-refractivity contribution in [3.05, 3.63) is 24.0 Å². The van der Waals surface area contributed by atoms with Crippen molar-refractivity contribution < 1.29 is 13.9 Å². The Kier molecular flexibility index (Phi) is 5.17. The highest BCUT2D eigenvalue weighted by molar-refractivity contribution is 7.80. The van der Waals surface area contributed by atoms with Crippen molar-refractivity contribution in [1.82, 2.24) is 4.98 Å². The van der Waals surface area contributed by atoms with Gasteiger partial charge in [0, 0.05) is 12.7 Å². The number of rotatable bonds is 6. The standard InChI is InChI=1S/C10H13F2N3OS/c11-8(12)6-15(4-5-16)7-2-1-3-14-9(7)10(13)17/h1-3,8,16H,4-6H2,(H2,13,17). The maximum atomic E-state index is 12.4. The molecule has 4 nitrogen and oxygen atoms in total. The first-order valence-electron chi connectivity index (χ1n) is 4.95. The molecule has 94 valence electrons. The fourth-order valence-electron chi connectivity index (χ4n) is 1.44. The third-order valence-electron chi connectivity index (χ3n) is 2.09. The van der Waals surface area contributed by atoms with E-state index < -0.39 is 13.0 Å². The van der Waals surface area contributed by atoms with E-state index in [0.717, 1.165) is 0 Å². The fourth-order valence-corrected chi connectivity index (χ4v) is 1.60.